The van der Waals surface area contributed by atoms with Gasteiger partial charge in [-0.15, -0.1) is 0 Å². The normalized spacial score (nSPS) is 15.7. The van der Waals surface area contributed by atoms with Gasteiger partial charge in [-0.05, 0) is 44.4 Å². The van der Waals surface area contributed by atoms with Crippen molar-refractivity contribution in [3.05, 3.63) is 11.6 Å². The summed E-state index contributed by atoms with van der Waals surface area (Å²) in [5, 5.41) is 0. The van der Waals surface area contributed by atoms with E-state index in [4.69, 9.17) is 0 Å². The fraction of sp³-hybridized carbons (Fsp3) is 0.900. The largest absolute Gasteiger partial charge is 0.0887 e. The standard InChI is InChI=1S/C20H40/c1-7-18(4)12-9-14-20(6)16-10-15-19(5)13-8-11-17(2)3/h7,17,19-20H,8-16H2,1-6H3/b18-7+/t19-,20+/m0/s1. The summed E-state index contributed by atoms with van der Waals surface area (Å²) in [6.07, 6.45) is 14.9. The van der Waals surface area contributed by atoms with Gasteiger partial charge in [0.25, 0.3) is 0 Å². The number of hydrogen-bond donors (Lipinski definition) is 0. The molecule has 0 aliphatic carbocycles. The van der Waals surface area contributed by atoms with Crippen molar-refractivity contribution in [2.24, 2.45) is 17.8 Å². The zero-order valence-corrected chi connectivity index (χ0v) is 15.2. The Morgan fingerprint density at radius 3 is 1.65 bits per heavy atom. The minimum atomic E-state index is 0.878. The van der Waals surface area contributed by atoms with Crippen LogP contribution in [0.25, 0.3) is 0 Å². The minimum absolute atomic E-state index is 0.878. The summed E-state index contributed by atoms with van der Waals surface area (Å²) in [5.74, 6) is 2.73. The Labute approximate surface area is 129 Å². The van der Waals surface area contributed by atoms with Crippen LogP contribution in [0, 0.1) is 17.8 Å². The first-order chi connectivity index (χ1) is 9.45. The van der Waals surface area contributed by atoms with E-state index in [9.17, 15) is 0 Å². The van der Waals surface area contributed by atoms with Crippen molar-refractivity contribution in [2.45, 2.75) is 99.3 Å². The first kappa shape index (κ1) is 19.7. The van der Waals surface area contributed by atoms with Crippen LogP contribution < -0.4 is 0 Å². The third-order valence-corrected chi connectivity index (χ3v) is 4.63. The molecule has 0 heterocycles. The molecule has 0 heteroatoms. The van der Waals surface area contributed by atoms with Gasteiger partial charge in [0.05, 0.1) is 0 Å². The van der Waals surface area contributed by atoms with Gasteiger partial charge in [0, 0.05) is 0 Å². The van der Waals surface area contributed by atoms with Crippen molar-refractivity contribution in [2.75, 3.05) is 0 Å². The summed E-state index contributed by atoms with van der Waals surface area (Å²) < 4.78 is 0. The molecule has 0 amide bonds. The summed E-state index contributed by atoms with van der Waals surface area (Å²) in [6, 6.07) is 0. The monoisotopic (exact) mass is 280 g/mol. The zero-order chi connectivity index (χ0) is 15.4. The predicted molar refractivity (Wildman–Crippen MR) is 94.2 cm³/mol. The molecule has 0 saturated carbocycles. The van der Waals surface area contributed by atoms with Crippen molar-refractivity contribution in [1.82, 2.24) is 0 Å². The summed E-state index contributed by atoms with van der Waals surface area (Å²) in [4.78, 5) is 0. The maximum absolute atomic E-state index is 2.44. The summed E-state index contributed by atoms with van der Waals surface area (Å²) in [6.45, 7) is 14.0. The van der Waals surface area contributed by atoms with Gasteiger partial charge in [0.15, 0.2) is 0 Å². The van der Waals surface area contributed by atoms with E-state index in [1.807, 2.05) is 0 Å². The molecule has 0 aliphatic rings. The highest BCUT2D eigenvalue weighted by atomic mass is 14.1. The minimum Gasteiger partial charge on any atom is -0.0887 e. The average Bonchev–Trinajstić information content (AvgIpc) is 2.38. The van der Waals surface area contributed by atoms with Crippen molar-refractivity contribution >= 4 is 0 Å². The molecule has 20 heavy (non-hydrogen) atoms. The maximum atomic E-state index is 2.44. The average molecular weight is 281 g/mol. The van der Waals surface area contributed by atoms with Gasteiger partial charge in [-0.25, -0.2) is 0 Å². The van der Waals surface area contributed by atoms with E-state index in [-0.39, 0.29) is 0 Å². The molecule has 0 aromatic rings. The second kappa shape index (κ2) is 12.5. The molecular weight excluding hydrogens is 240 g/mol. The first-order valence-electron chi connectivity index (χ1n) is 9.07. The van der Waals surface area contributed by atoms with Gasteiger partial charge < -0.3 is 0 Å². The second-order valence-corrected chi connectivity index (χ2v) is 7.49. The second-order valence-electron chi connectivity index (χ2n) is 7.49. The summed E-state index contributed by atoms with van der Waals surface area (Å²) >= 11 is 0. The molecule has 0 aliphatic heterocycles. The Balaban J connectivity index is 3.48. The van der Waals surface area contributed by atoms with Gasteiger partial charge in [-0.2, -0.15) is 0 Å². The van der Waals surface area contributed by atoms with Gasteiger partial charge in [-0.1, -0.05) is 84.3 Å². The van der Waals surface area contributed by atoms with Crippen LogP contribution in [-0.4, -0.2) is 0 Å². The van der Waals surface area contributed by atoms with E-state index in [0.29, 0.717) is 0 Å². The van der Waals surface area contributed by atoms with E-state index in [1.165, 1.54) is 57.8 Å². The summed E-state index contributed by atoms with van der Waals surface area (Å²) in [7, 11) is 0. The van der Waals surface area contributed by atoms with Gasteiger partial charge in [0.2, 0.25) is 0 Å². The Hall–Kier alpha value is -0.260. The molecule has 0 fully saturated rings. The van der Waals surface area contributed by atoms with E-state index in [2.05, 4.69) is 47.6 Å². The van der Waals surface area contributed by atoms with Crippen LogP contribution in [0.15, 0.2) is 11.6 Å². The predicted octanol–water partition coefficient (Wildman–Crippen LogP) is 7.39. The zero-order valence-electron chi connectivity index (χ0n) is 15.2. The molecule has 2 atom stereocenters. The fourth-order valence-electron chi connectivity index (χ4n) is 2.85. The topological polar surface area (TPSA) is 0 Å². The van der Waals surface area contributed by atoms with Gasteiger partial charge in [0.1, 0.15) is 0 Å². The Bertz CT molecular complexity index is 236. The van der Waals surface area contributed by atoms with Crippen molar-refractivity contribution in [3.63, 3.8) is 0 Å². The lowest BCUT2D eigenvalue weighted by atomic mass is 9.91. The molecule has 0 aromatic heterocycles. The van der Waals surface area contributed by atoms with E-state index < -0.39 is 0 Å². The Morgan fingerprint density at radius 1 is 0.750 bits per heavy atom. The molecule has 0 nitrogen and oxygen atoms in total. The molecule has 0 rings (SSSR count). The number of hydrogen-bond acceptors (Lipinski definition) is 0. The molecule has 120 valence electrons. The molecule has 0 radical (unpaired) electrons. The smallest absolute Gasteiger partial charge is 0.0323 e. The molecule has 0 bridgehead atoms. The lowest BCUT2D eigenvalue weighted by Crippen LogP contribution is -2.00. The van der Waals surface area contributed by atoms with Crippen molar-refractivity contribution in [1.29, 1.82) is 0 Å². The molecule has 0 aromatic carbocycles. The SMILES string of the molecule is C/C=C(\C)CCC[C@@H](C)CCC[C@@H](C)CCCC(C)C. The molecule has 0 N–H and O–H groups in total. The van der Waals surface area contributed by atoms with Crippen LogP contribution in [0.2, 0.25) is 0 Å². The summed E-state index contributed by atoms with van der Waals surface area (Å²) in [5.41, 5.74) is 1.55. The first-order valence-corrected chi connectivity index (χ1v) is 9.07. The van der Waals surface area contributed by atoms with E-state index in [0.717, 1.165) is 17.8 Å². The third kappa shape index (κ3) is 12.8. The fourth-order valence-corrected chi connectivity index (χ4v) is 2.85. The van der Waals surface area contributed by atoms with Crippen molar-refractivity contribution < 1.29 is 0 Å². The van der Waals surface area contributed by atoms with Crippen LogP contribution in [-0.2, 0) is 0 Å². The quantitative estimate of drug-likeness (QED) is 0.327. The number of rotatable bonds is 12. The Kier molecular flexibility index (Phi) is 12.3. The van der Waals surface area contributed by atoms with Crippen LogP contribution in [0.1, 0.15) is 99.3 Å². The molecule has 0 spiro atoms. The lowest BCUT2D eigenvalue weighted by Gasteiger charge is -2.15. The number of allylic oxidation sites excluding steroid dienone is 2. The highest BCUT2D eigenvalue weighted by Crippen LogP contribution is 2.21. The van der Waals surface area contributed by atoms with Crippen LogP contribution in [0.3, 0.4) is 0 Å². The van der Waals surface area contributed by atoms with E-state index >= 15 is 0 Å². The maximum Gasteiger partial charge on any atom is -0.0323 e. The van der Waals surface area contributed by atoms with Gasteiger partial charge in [-0.3, -0.25) is 0 Å². The van der Waals surface area contributed by atoms with Gasteiger partial charge >= 0.3 is 0 Å². The van der Waals surface area contributed by atoms with Crippen LogP contribution in [0.4, 0.5) is 0 Å². The van der Waals surface area contributed by atoms with Crippen LogP contribution in [0.5, 0.6) is 0 Å². The third-order valence-electron chi connectivity index (χ3n) is 4.63. The lowest BCUT2D eigenvalue weighted by molar-refractivity contribution is 0.389. The van der Waals surface area contributed by atoms with Crippen LogP contribution >= 0.6 is 0 Å². The molecular formula is C20H40. The molecule has 0 unspecified atom stereocenters. The Morgan fingerprint density at radius 2 is 1.20 bits per heavy atom. The van der Waals surface area contributed by atoms with E-state index in [1.54, 1.807) is 5.57 Å². The van der Waals surface area contributed by atoms with Crippen molar-refractivity contribution in [3.8, 4) is 0 Å². The highest BCUT2D eigenvalue weighted by Gasteiger charge is 2.06. The highest BCUT2D eigenvalue weighted by molar-refractivity contribution is 4.94. The molecule has 0 saturated heterocycles.